The summed E-state index contributed by atoms with van der Waals surface area (Å²) in [6.45, 7) is 1.45. The molecule has 0 unspecified atom stereocenters. The zero-order valence-corrected chi connectivity index (χ0v) is 4.67. The summed E-state index contributed by atoms with van der Waals surface area (Å²) >= 11 is 0. The van der Waals surface area contributed by atoms with Crippen LogP contribution in [0.4, 0.5) is 0 Å². The molecule has 5 nitrogen and oxygen atoms in total. The highest BCUT2D eigenvalue weighted by Crippen LogP contribution is 1.68. The molecule has 1 aromatic heterocycles. The van der Waals surface area contributed by atoms with Gasteiger partial charge in [0, 0.05) is 0 Å². The van der Waals surface area contributed by atoms with E-state index >= 15 is 0 Å². The highest BCUT2D eigenvalue weighted by molar-refractivity contribution is 4.84. The minimum atomic E-state index is -0.828. The first-order valence-electron chi connectivity index (χ1n) is 2.27. The maximum atomic E-state index is 10.5. The van der Waals surface area contributed by atoms with Crippen molar-refractivity contribution < 1.29 is 4.52 Å². The molecule has 0 radical (unpaired) electrons. The van der Waals surface area contributed by atoms with Gasteiger partial charge in [-0.2, -0.15) is 0 Å². The van der Waals surface area contributed by atoms with Gasteiger partial charge in [-0.3, -0.25) is 14.3 Å². The lowest BCUT2D eigenvalue weighted by Gasteiger charge is -1.81. The van der Waals surface area contributed by atoms with Gasteiger partial charge in [-0.15, -0.1) is 0 Å². The molecular formula is C4H4N2O3. The number of nitrogens with zero attached hydrogens (tertiary/aromatic N) is 1. The second-order valence-corrected chi connectivity index (χ2v) is 1.51. The van der Waals surface area contributed by atoms with Crippen molar-refractivity contribution in [2.24, 2.45) is 0 Å². The van der Waals surface area contributed by atoms with Crippen molar-refractivity contribution in [2.75, 3.05) is 0 Å². The molecular weight excluding hydrogens is 124 g/mol. The molecule has 0 amide bonds. The fourth-order valence-corrected chi connectivity index (χ4v) is 0.357. The quantitative estimate of drug-likeness (QED) is 0.487. The van der Waals surface area contributed by atoms with E-state index in [0.717, 1.165) is 0 Å². The number of nitrogens with one attached hydrogen (secondary N) is 1. The number of aryl methyl sites for hydroxylation is 1. The SMILES string of the molecule is Cc1noc(=O)[nH]c1=O. The van der Waals surface area contributed by atoms with Crippen LogP contribution in [0.3, 0.4) is 0 Å². The van der Waals surface area contributed by atoms with Gasteiger partial charge in [0.05, 0.1) is 0 Å². The summed E-state index contributed by atoms with van der Waals surface area (Å²) in [5, 5.41) is 3.15. The van der Waals surface area contributed by atoms with Crippen LogP contribution in [0.1, 0.15) is 5.69 Å². The predicted octanol–water partition coefficient (Wildman–Crippen LogP) is -0.968. The predicted molar refractivity (Wildman–Crippen MR) is 28.1 cm³/mol. The maximum absolute atomic E-state index is 10.5. The van der Waals surface area contributed by atoms with Crippen LogP contribution in [0.5, 0.6) is 0 Å². The van der Waals surface area contributed by atoms with Crippen molar-refractivity contribution in [3.63, 3.8) is 0 Å². The molecule has 5 heteroatoms. The second-order valence-electron chi connectivity index (χ2n) is 1.51. The summed E-state index contributed by atoms with van der Waals surface area (Å²) in [5.41, 5.74) is -0.360. The Balaban J connectivity index is 3.52. The lowest BCUT2D eigenvalue weighted by molar-refractivity contribution is 0.340. The first-order chi connectivity index (χ1) is 4.20. The number of rotatable bonds is 0. The molecule has 48 valence electrons. The molecule has 0 aliphatic rings. The molecule has 0 spiro atoms. The zero-order chi connectivity index (χ0) is 6.85. The molecule has 0 bridgehead atoms. The summed E-state index contributed by atoms with van der Waals surface area (Å²) in [7, 11) is 0. The van der Waals surface area contributed by atoms with E-state index in [9.17, 15) is 9.59 Å². The van der Waals surface area contributed by atoms with Crippen LogP contribution in [0.2, 0.25) is 0 Å². The summed E-state index contributed by atoms with van der Waals surface area (Å²) in [4.78, 5) is 22.5. The highest BCUT2D eigenvalue weighted by Gasteiger charge is 1.93. The summed E-state index contributed by atoms with van der Waals surface area (Å²) in [5.74, 6) is -0.828. The van der Waals surface area contributed by atoms with Gasteiger partial charge >= 0.3 is 5.76 Å². The van der Waals surface area contributed by atoms with Gasteiger partial charge in [-0.05, 0) is 6.92 Å². The van der Waals surface area contributed by atoms with Crippen LogP contribution in [0.25, 0.3) is 0 Å². The average Bonchev–Trinajstić information content (AvgIpc) is 1.80. The van der Waals surface area contributed by atoms with Gasteiger partial charge in [-0.25, -0.2) is 4.79 Å². The number of hydrogen-bond donors (Lipinski definition) is 1. The van der Waals surface area contributed by atoms with Crippen molar-refractivity contribution in [3.05, 3.63) is 26.6 Å². The van der Waals surface area contributed by atoms with Crippen molar-refractivity contribution in [3.8, 4) is 0 Å². The van der Waals surface area contributed by atoms with Gasteiger partial charge in [0.1, 0.15) is 5.69 Å². The van der Waals surface area contributed by atoms with E-state index in [2.05, 4.69) is 9.68 Å². The van der Waals surface area contributed by atoms with Crippen LogP contribution < -0.4 is 11.3 Å². The normalized spacial score (nSPS) is 9.44. The molecule has 1 aromatic rings. The second kappa shape index (κ2) is 1.85. The minimum absolute atomic E-state index is 0.148. The lowest BCUT2D eigenvalue weighted by atomic mass is 10.5. The van der Waals surface area contributed by atoms with E-state index in [-0.39, 0.29) is 5.69 Å². The van der Waals surface area contributed by atoms with E-state index in [4.69, 9.17) is 0 Å². The summed E-state index contributed by atoms with van der Waals surface area (Å²) in [6, 6.07) is 0. The lowest BCUT2D eigenvalue weighted by Crippen LogP contribution is -2.21. The fourth-order valence-electron chi connectivity index (χ4n) is 0.357. The molecule has 0 aromatic carbocycles. The third kappa shape index (κ3) is 1.04. The summed E-state index contributed by atoms with van der Waals surface area (Å²) < 4.78 is 4.08. The first kappa shape index (κ1) is 5.74. The molecule has 0 atom stereocenters. The molecule has 0 fully saturated rings. The van der Waals surface area contributed by atoms with Crippen LogP contribution in [0, 0.1) is 6.92 Å². The van der Waals surface area contributed by atoms with Crippen molar-refractivity contribution in [2.45, 2.75) is 6.92 Å². The Labute approximate surface area is 49.3 Å². The maximum Gasteiger partial charge on any atom is 0.440 e. The first-order valence-corrected chi connectivity index (χ1v) is 2.27. The van der Waals surface area contributed by atoms with Gasteiger partial charge in [0.2, 0.25) is 0 Å². The van der Waals surface area contributed by atoms with Gasteiger partial charge < -0.3 is 0 Å². The molecule has 9 heavy (non-hydrogen) atoms. The average molecular weight is 128 g/mol. The van der Waals surface area contributed by atoms with Crippen molar-refractivity contribution in [1.82, 2.24) is 10.1 Å². The molecule has 0 saturated heterocycles. The van der Waals surface area contributed by atoms with Gasteiger partial charge in [0.15, 0.2) is 0 Å². The van der Waals surface area contributed by atoms with E-state index in [0.29, 0.717) is 0 Å². The smallest absolute Gasteiger partial charge is 0.297 e. The van der Waals surface area contributed by atoms with Crippen molar-refractivity contribution in [1.29, 1.82) is 0 Å². The van der Waals surface area contributed by atoms with E-state index in [1.807, 2.05) is 4.98 Å². The van der Waals surface area contributed by atoms with Gasteiger partial charge in [0.25, 0.3) is 5.56 Å². The topological polar surface area (TPSA) is 76.0 Å². The van der Waals surface area contributed by atoms with Crippen LogP contribution >= 0.6 is 0 Å². The monoisotopic (exact) mass is 128 g/mol. The molecule has 0 aliphatic carbocycles. The Morgan fingerprint density at radius 2 is 2.22 bits per heavy atom. The number of aromatic amines is 1. The van der Waals surface area contributed by atoms with E-state index in [1.165, 1.54) is 6.92 Å². The highest BCUT2D eigenvalue weighted by atomic mass is 16.5. The standard InChI is InChI=1S/C4H4N2O3/c1-2-3(7)5-4(8)9-6-2/h1H3,(H,5,7,8). The van der Waals surface area contributed by atoms with E-state index in [1.54, 1.807) is 0 Å². The van der Waals surface area contributed by atoms with Crippen molar-refractivity contribution >= 4 is 0 Å². The summed E-state index contributed by atoms with van der Waals surface area (Å²) in [6.07, 6.45) is 0. The number of aromatic nitrogens is 2. The molecule has 1 rings (SSSR count). The Bertz CT molecular complexity index is 310. The third-order valence-electron chi connectivity index (χ3n) is 0.810. The Morgan fingerprint density at radius 1 is 1.56 bits per heavy atom. The van der Waals surface area contributed by atoms with Crippen LogP contribution in [-0.2, 0) is 0 Å². The van der Waals surface area contributed by atoms with E-state index < -0.39 is 11.3 Å². The third-order valence-corrected chi connectivity index (χ3v) is 0.810. The molecule has 1 N–H and O–H groups in total. The Hall–Kier alpha value is -1.39. The largest absolute Gasteiger partial charge is 0.440 e. The van der Waals surface area contributed by atoms with Crippen LogP contribution in [-0.4, -0.2) is 10.1 Å². The minimum Gasteiger partial charge on any atom is -0.297 e. The number of H-pyrrole nitrogens is 1. The zero-order valence-electron chi connectivity index (χ0n) is 4.67. The Kier molecular flexibility index (Phi) is 1.18. The molecule has 1 heterocycles. The molecule has 0 aliphatic heterocycles. The number of hydrogen-bond acceptors (Lipinski definition) is 4. The van der Waals surface area contributed by atoms with Crippen LogP contribution in [0.15, 0.2) is 14.1 Å². The fraction of sp³-hybridized carbons (Fsp3) is 0.250. The molecule has 0 saturated carbocycles. The Morgan fingerprint density at radius 3 is 2.67 bits per heavy atom. The van der Waals surface area contributed by atoms with Gasteiger partial charge in [-0.1, -0.05) is 5.16 Å².